The van der Waals surface area contributed by atoms with Gasteiger partial charge in [0.1, 0.15) is 21.2 Å². The zero-order valence-corrected chi connectivity index (χ0v) is 24.5. The maximum Gasteiger partial charge on any atom is 0.331 e. The number of carbonyl (C=O) groups is 3. The number of anilines is 3. The number of para-hydroxylation sites is 1. The van der Waals surface area contributed by atoms with Crippen molar-refractivity contribution >= 4 is 56.5 Å². The lowest BCUT2D eigenvalue weighted by atomic mass is 10.0. The number of aliphatic hydroxyl groups is 1. The fourth-order valence-electron chi connectivity index (χ4n) is 5.54. The van der Waals surface area contributed by atoms with E-state index >= 15 is 0 Å². The Balaban J connectivity index is 1.25. The topological polar surface area (TPSA) is 133 Å². The summed E-state index contributed by atoms with van der Waals surface area (Å²) < 4.78 is 10.9. The number of aromatic nitrogens is 1. The van der Waals surface area contributed by atoms with Crippen LogP contribution in [0.5, 0.6) is 11.5 Å². The lowest BCUT2D eigenvalue weighted by Gasteiger charge is -2.34. The van der Waals surface area contributed by atoms with Crippen LogP contribution in [-0.4, -0.2) is 71.8 Å². The number of hydrogen-bond acceptors (Lipinski definition) is 8. The second-order valence-corrected chi connectivity index (χ2v) is 11.5. The molecule has 2 aliphatic rings. The number of likely N-dealkylation sites (tertiary alicyclic amines) is 1. The van der Waals surface area contributed by atoms with Crippen LogP contribution in [0.25, 0.3) is 10.2 Å². The van der Waals surface area contributed by atoms with E-state index in [1.807, 2.05) is 55.5 Å². The lowest BCUT2D eigenvalue weighted by Crippen LogP contribution is -2.52. The van der Waals surface area contributed by atoms with Gasteiger partial charge in [-0.1, -0.05) is 18.2 Å². The van der Waals surface area contributed by atoms with Crippen molar-refractivity contribution in [3.63, 3.8) is 0 Å². The van der Waals surface area contributed by atoms with Gasteiger partial charge in [0.2, 0.25) is 0 Å². The van der Waals surface area contributed by atoms with E-state index in [9.17, 15) is 19.5 Å². The Hall–Kier alpha value is -4.52. The van der Waals surface area contributed by atoms with E-state index in [1.54, 1.807) is 22.1 Å². The van der Waals surface area contributed by atoms with Crippen molar-refractivity contribution in [2.45, 2.75) is 31.9 Å². The van der Waals surface area contributed by atoms with Gasteiger partial charge in [0.15, 0.2) is 6.10 Å². The van der Waals surface area contributed by atoms with Crippen molar-refractivity contribution in [2.24, 2.45) is 0 Å². The normalized spacial score (nSPS) is 17.0. The molecule has 0 bridgehead atoms. The van der Waals surface area contributed by atoms with E-state index in [2.05, 4.69) is 15.6 Å². The van der Waals surface area contributed by atoms with Crippen LogP contribution in [0.2, 0.25) is 0 Å². The van der Waals surface area contributed by atoms with Gasteiger partial charge in [0.25, 0.3) is 11.8 Å². The minimum atomic E-state index is -1.25. The fourth-order valence-corrected chi connectivity index (χ4v) is 6.56. The average molecular weight is 602 g/mol. The van der Waals surface area contributed by atoms with Crippen LogP contribution >= 0.6 is 11.3 Å². The van der Waals surface area contributed by atoms with Crippen molar-refractivity contribution in [2.75, 3.05) is 37.0 Å². The number of carbonyl (C=O) groups excluding carboxylic acids is 3. The number of nitrogens with one attached hydrogen (secondary N) is 2. The molecule has 1 fully saturated rings. The molecule has 11 nitrogen and oxygen atoms in total. The van der Waals surface area contributed by atoms with Gasteiger partial charge >= 0.3 is 6.03 Å². The molecular weight excluding hydrogens is 570 g/mol. The number of benzene rings is 2. The Morgan fingerprint density at radius 1 is 1.16 bits per heavy atom. The first-order valence-electron chi connectivity index (χ1n) is 14.0. The number of urea groups is 1. The largest absolute Gasteiger partial charge is 0.457 e. The molecule has 4 heterocycles. The summed E-state index contributed by atoms with van der Waals surface area (Å²) in [6, 6.07) is 16.1. The number of thiophene rings is 1. The van der Waals surface area contributed by atoms with Crippen LogP contribution in [0.1, 0.15) is 28.1 Å². The standard InChI is InChI=1S/C31H31N5O6S/c1-18-15-21(42-20-8-4-3-5-9-20)10-11-22(18)36-23-12-13-32-29-25(23)26(34-31(36)40)27(43-29)28(38)33-19-7-6-14-35(16-19)30(39)24(37)17-41-2/h3-5,8-13,15,19,24,37H,6-7,14,16-17H2,1-2H3,(H,33,38)(H,34,40)/t19-,24-/m1/s1. The fraction of sp³-hybridized carbons (Fsp3) is 0.290. The minimum Gasteiger partial charge on any atom is -0.457 e. The van der Waals surface area contributed by atoms with E-state index in [-0.39, 0.29) is 25.1 Å². The lowest BCUT2D eigenvalue weighted by molar-refractivity contribution is -0.144. The number of ether oxygens (including phenoxy) is 2. The molecule has 4 aromatic rings. The molecule has 43 heavy (non-hydrogen) atoms. The Bertz CT molecular complexity index is 1690. The van der Waals surface area contributed by atoms with E-state index in [0.717, 1.165) is 5.56 Å². The maximum absolute atomic E-state index is 13.6. The third-order valence-corrected chi connectivity index (χ3v) is 8.61. The first-order valence-corrected chi connectivity index (χ1v) is 14.8. The highest BCUT2D eigenvalue weighted by Crippen LogP contribution is 2.46. The minimum absolute atomic E-state index is 0.0886. The predicted molar refractivity (Wildman–Crippen MR) is 163 cm³/mol. The van der Waals surface area contributed by atoms with Crippen molar-refractivity contribution in [1.82, 2.24) is 15.2 Å². The highest BCUT2D eigenvalue weighted by Gasteiger charge is 2.35. The van der Waals surface area contributed by atoms with Crippen LogP contribution in [-0.2, 0) is 9.53 Å². The van der Waals surface area contributed by atoms with Crippen molar-refractivity contribution in [3.05, 3.63) is 71.2 Å². The zero-order valence-electron chi connectivity index (χ0n) is 23.7. The summed E-state index contributed by atoms with van der Waals surface area (Å²) in [6.45, 7) is 2.60. The quantitative estimate of drug-likeness (QED) is 0.264. The molecular formula is C31H31N5O6S. The van der Waals surface area contributed by atoms with Crippen molar-refractivity contribution in [3.8, 4) is 11.5 Å². The molecule has 3 N–H and O–H groups in total. The molecule has 1 saturated heterocycles. The van der Waals surface area contributed by atoms with E-state index < -0.39 is 18.0 Å². The molecule has 2 aromatic carbocycles. The smallest absolute Gasteiger partial charge is 0.331 e. The summed E-state index contributed by atoms with van der Waals surface area (Å²) in [7, 11) is 1.42. The van der Waals surface area contributed by atoms with Gasteiger partial charge in [0, 0.05) is 32.4 Å². The van der Waals surface area contributed by atoms with Gasteiger partial charge in [-0.05, 0) is 61.7 Å². The van der Waals surface area contributed by atoms with Crippen LogP contribution in [0.15, 0.2) is 60.8 Å². The van der Waals surface area contributed by atoms with E-state index in [4.69, 9.17) is 9.47 Å². The SMILES string of the molecule is COC[C@@H](O)C(=O)N1CCC[C@@H](NC(=O)c2sc3nccc4c3c2NC(=O)N4c2ccc(Oc3ccccc3)cc2C)C1. The van der Waals surface area contributed by atoms with Gasteiger partial charge < -0.3 is 30.1 Å². The average Bonchev–Trinajstić information content (AvgIpc) is 3.38. The van der Waals surface area contributed by atoms with Crippen LogP contribution < -0.4 is 20.3 Å². The Morgan fingerprint density at radius 3 is 2.74 bits per heavy atom. The second-order valence-electron chi connectivity index (χ2n) is 10.5. The summed E-state index contributed by atoms with van der Waals surface area (Å²) in [5.41, 5.74) is 2.55. The van der Waals surface area contributed by atoms with Gasteiger partial charge in [0.05, 0.1) is 29.1 Å². The number of methoxy groups -OCH3 is 1. The van der Waals surface area contributed by atoms with Crippen LogP contribution in [0.3, 0.4) is 0 Å². The highest BCUT2D eigenvalue weighted by atomic mass is 32.1. The summed E-state index contributed by atoms with van der Waals surface area (Å²) in [4.78, 5) is 48.3. The molecule has 12 heteroatoms. The molecule has 0 spiro atoms. The Morgan fingerprint density at radius 2 is 1.98 bits per heavy atom. The molecule has 2 atom stereocenters. The Kier molecular flexibility index (Phi) is 7.98. The zero-order chi connectivity index (χ0) is 30.1. The number of hydrogen-bond donors (Lipinski definition) is 3. The monoisotopic (exact) mass is 601 g/mol. The Labute approximate surface area is 252 Å². The van der Waals surface area contributed by atoms with Gasteiger partial charge in [-0.15, -0.1) is 11.3 Å². The molecule has 222 valence electrons. The molecule has 2 aliphatic heterocycles. The summed E-state index contributed by atoms with van der Waals surface area (Å²) in [6.07, 6.45) is 1.75. The van der Waals surface area contributed by atoms with Crippen molar-refractivity contribution in [1.29, 1.82) is 0 Å². The molecule has 2 aromatic heterocycles. The number of amides is 4. The molecule has 4 amide bonds. The predicted octanol–water partition coefficient (Wildman–Crippen LogP) is 4.81. The first kappa shape index (κ1) is 28.6. The molecule has 0 aliphatic carbocycles. The van der Waals surface area contributed by atoms with Crippen LogP contribution in [0.4, 0.5) is 21.9 Å². The van der Waals surface area contributed by atoms with Gasteiger partial charge in [-0.25, -0.2) is 9.78 Å². The van der Waals surface area contributed by atoms with E-state index in [1.165, 1.54) is 18.4 Å². The number of aryl methyl sites for hydroxylation is 1. The first-order chi connectivity index (χ1) is 20.8. The van der Waals surface area contributed by atoms with Crippen LogP contribution in [0, 0.1) is 6.92 Å². The summed E-state index contributed by atoms with van der Waals surface area (Å²) in [5.74, 6) is 0.587. The summed E-state index contributed by atoms with van der Waals surface area (Å²) in [5, 5.41) is 16.7. The molecule has 0 unspecified atom stereocenters. The molecule has 0 saturated carbocycles. The molecule has 6 rings (SSSR count). The number of aliphatic hydroxyl groups excluding tert-OH is 1. The highest BCUT2D eigenvalue weighted by molar-refractivity contribution is 7.21. The van der Waals surface area contributed by atoms with Gasteiger partial charge in [-0.2, -0.15) is 0 Å². The van der Waals surface area contributed by atoms with Crippen molar-refractivity contribution < 1.29 is 29.0 Å². The van der Waals surface area contributed by atoms with E-state index in [0.29, 0.717) is 63.0 Å². The number of piperidine rings is 1. The number of nitrogens with zero attached hydrogens (tertiary/aromatic N) is 3. The number of pyridine rings is 1. The summed E-state index contributed by atoms with van der Waals surface area (Å²) >= 11 is 1.20. The maximum atomic E-state index is 13.6. The molecule has 0 radical (unpaired) electrons. The number of rotatable bonds is 8. The third-order valence-electron chi connectivity index (χ3n) is 7.52. The van der Waals surface area contributed by atoms with Gasteiger partial charge in [-0.3, -0.25) is 14.5 Å². The third kappa shape index (κ3) is 5.64. The second kappa shape index (κ2) is 12.0.